The van der Waals surface area contributed by atoms with Gasteiger partial charge in [-0.15, -0.1) is 0 Å². The molecule has 0 aliphatic carbocycles. The summed E-state index contributed by atoms with van der Waals surface area (Å²) in [6.07, 6.45) is 0. The Bertz CT molecular complexity index is 473. The minimum Gasteiger partial charge on any atom is -0.208 e. The molecule has 3 nitrogen and oxygen atoms in total. The Kier molecular flexibility index (Phi) is 2.60. The third kappa shape index (κ3) is 2.00. The molecule has 1 aromatic carbocycles. The van der Waals surface area contributed by atoms with Gasteiger partial charge in [0.15, 0.2) is 5.40 Å². The van der Waals surface area contributed by atoms with E-state index < -0.39 is 9.84 Å². The van der Waals surface area contributed by atoms with Crippen molar-refractivity contribution in [3.63, 3.8) is 0 Å². The van der Waals surface area contributed by atoms with Crippen LogP contribution < -0.4 is 0 Å². The van der Waals surface area contributed by atoms with Crippen LogP contribution in [0.4, 0.5) is 0 Å². The molecule has 0 fully saturated rings. The first kappa shape index (κ1) is 10.0. The molecule has 0 aromatic heterocycles. The first-order chi connectivity index (χ1) is 5.97. The Balaban J connectivity index is 3.38. The van der Waals surface area contributed by atoms with Crippen molar-refractivity contribution >= 4 is 21.4 Å². The molecule has 1 rings (SSSR count). The van der Waals surface area contributed by atoms with Crippen molar-refractivity contribution < 1.29 is 8.42 Å². The van der Waals surface area contributed by atoms with Crippen LogP contribution in [0.5, 0.6) is 0 Å². The molecule has 13 heavy (non-hydrogen) atoms. The Morgan fingerprint density at radius 2 is 2.08 bits per heavy atom. The fourth-order valence-electron chi connectivity index (χ4n) is 0.837. The van der Waals surface area contributed by atoms with Gasteiger partial charge in [0.05, 0.1) is 4.90 Å². The quantitative estimate of drug-likeness (QED) is 0.531. The predicted octanol–water partition coefficient (Wildman–Crippen LogP) is 1.90. The van der Waals surface area contributed by atoms with E-state index in [1.165, 1.54) is 23.6 Å². The van der Waals surface area contributed by atoms with Crippen molar-refractivity contribution in [3.05, 3.63) is 28.8 Å². The SMILES string of the molecule is Cc1cc(S(=O)(=O)C#N)ccc1Cl. The van der Waals surface area contributed by atoms with E-state index in [1.54, 1.807) is 6.92 Å². The molecule has 68 valence electrons. The largest absolute Gasteiger partial charge is 0.269 e. The van der Waals surface area contributed by atoms with Crippen molar-refractivity contribution in [1.82, 2.24) is 0 Å². The summed E-state index contributed by atoms with van der Waals surface area (Å²) in [6.45, 7) is 1.68. The molecule has 0 N–H and O–H groups in total. The molecule has 0 radical (unpaired) electrons. The number of halogens is 1. The fourth-order valence-corrected chi connectivity index (χ4v) is 1.64. The number of thiocyanates is 1. The normalized spacial score (nSPS) is 10.8. The molecule has 0 saturated heterocycles. The average Bonchev–Trinajstić information content (AvgIpc) is 2.09. The summed E-state index contributed by atoms with van der Waals surface area (Å²) in [5.41, 5.74) is 0.637. The van der Waals surface area contributed by atoms with Crippen molar-refractivity contribution in [1.29, 1.82) is 5.26 Å². The van der Waals surface area contributed by atoms with Gasteiger partial charge < -0.3 is 0 Å². The van der Waals surface area contributed by atoms with E-state index in [9.17, 15) is 8.42 Å². The summed E-state index contributed by atoms with van der Waals surface area (Å²) >= 11 is 5.70. The van der Waals surface area contributed by atoms with E-state index in [2.05, 4.69) is 0 Å². The van der Waals surface area contributed by atoms with Gasteiger partial charge >= 0.3 is 0 Å². The molecule has 0 saturated carbocycles. The standard InChI is InChI=1S/C8H6ClNO2S/c1-6-4-7(2-3-8(6)9)13(11,12)5-10/h2-4H,1H3. The zero-order valence-electron chi connectivity index (χ0n) is 6.78. The zero-order valence-corrected chi connectivity index (χ0v) is 8.35. The molecule has 0 bridgehead atoms. The smallest absolute Gasteiger partial charge is 0.208 e. The fraction of sp³-hybridized carbons (Fsp3) is 0.125. The van der Waals surface area contributed by atoms with Gasteiger partial charge in [-0.05, 0) is 30.7 Å². The number of nitrogens with zero attached hydrogens (tertiary/aromatic N) is 1. The summed E-state index contributed by atoms with van der Waals surface area (Å²) in [7, 11) is -3.79. The monoisotopic (exact) mass is 215 g/mol. The van der Waals surface area contributed by atoms with Crippen LogP contribution in [0, 0.1) is 17.6 Å². The highest BCUT2D eigenvalue weighted by Gasteiger charge is 2.13. The van der Waals surface area contributed by atoms with Crippen molar-refractivity contribution in [2.45, 2.75) is 11.8 Å². The highest BCUT2D eigenvalue weighted by molar-refractivity contribution is 7.95. The molecule has 0 aliphatic rings. The summed E-state index contributed by atoms with van der Waals surface area (Å²) in [5.74, 6) is 0. The highest BCUT2D eigenvalue weighted by Crippen LogP contribution is 2.19. The van der Waals surface area contributed by atoms with E-state index in [1.807, 2.05) is 0 Å². The Morgan fingerprint density at radius 1 is 1.46 bits per heavy atom. The van der Waals surface area contributed by atoms with E-state index >= 15 is 0 Å². The summed E-state index contributed by atoms with van der Waals surface area (Å²) < 4.78 is 22.1. The Labute approximate surface area is 81.5 Å². The van der Waals surface area contributed by atoms with Gasteiger partial charge in [-0.2, -0.15) is 5.26 Å². The number of rotatable bonds is 1. The molecule has 0 aliphatic heterocycles. The molecule has 0 unspecified atom stereocenters. The second-order valence-electron chi connectivity index (χ2n) is 2.51. The van der Waals surface area contributed by atoms with Gasteiger partial charge in [-0.3, -0.25) is 0 Å². The van der Waals surface area contributed by atoms with Gasteiger partial charge in [0.2, 0.25) is 0 Å². The highest BCUT2D eigenvalue weighted by atomic mass is 35.5. The first-order valence-electron chi connectivity index (χ1n) is 3.39. The molecule has 0 heterocycles. The number of benzene rings is 1. The number of hydrogen-bond donors (Lipinski definition) is 0. The Morgan fingerprint density at radius 3 is 2.54 bits per heavy atom. The number of nitriles is 1. The summed E-state index contributed by atoms with van der Waals surface area (Å²) in [4.78, 5) is -0.0168. The molecule has 5 heteroatoms. The van der Waals surface area contributed by atoms with Crippen LogP contribution in [-0.4, -0.2) is 8.42 Å². The van der Waals surface area contributed by atoms with E-state index in [0.29, 0.717) is 10.6 Å². The third-order valence-electron chi connectivity index (χ3n) is 1.56. The lowest BCUT2D eigenvalue weighted by Crippen LogP contribution is -1.96. The van der Waals surface area contributed by atoms with Crippen LogP contribution >= 0.6 is 11.6 Å². The average molecular weight is 216 g/mol. The number of hydrogen-bond acceptors (Lipinski definition) is 3. The molecule has 1 aromatic rings. The second-order valence-corrected chi connectivity index (χ2v) is 4.57. The first-order valence-corrected chi connectivity index (χ1v) is 5.25. The molecule has 0 spiro atoms. The van der Waals surface area contributed by atoms with Crippen LogP contribution in [0.3, 0.4) is 0 Å². The van der Waals surface area contributed by atoms with Crippen LogP contribution in [0.2, 0.25) is 5.02 Å². The Hall–Kier alpha value is -1.05. The summed E-state index contributed by atoms with van der Waals surface area (Å²) in [5, 5.41) is 10.1. The van der Waals surface area contributed by atoms with Gasteiger partial charge in [-0.1, -0.05) is 11.6 Å². The van der Waals surface area contributed by atoms with E-state index in [0.717, 1.165) is 0 Å². The summed E-state index contributed by atoms with van der Waals surface area (Å²) in [6, 6.07) is 4.15. The van der Waals surface area contributed by atoms with E-state index in [4.69, 9.17) is 16.9 Å². The number of sulfone groups is 1. The topological polar surface area (TPSA) is 57.9 Å². The van der Waals surface area contributed by atoms with Crippen molar-refractivity contribution in [3.8, 4) is 5.40 Å². The molecule has 0 amide bonds. The zero-order chi connectivity index (χ0) is 10.1. The minimum absolute atomic E-state index is 0.0168. The van der Waals surface area contributed by atoms with Crippen LogP contribution in [0.15, 0.2) is 23.1 Å². The van der Waals surface area contributed by atoms with Crippen molar-refractivity contribution in [2.75, 3.05) is 0 Å². The lowest BCUT2D eigenvalue weighted by atomic mass is 10.2. The lowest BCUT2D eigenvalue weighted by molar-refractivity contribution is 0.605. The van der Waals surface area contributed by atoms with Crippen LogP contribution in [0.25, 0.3) is 0 Å². The van der Waals surface area contributed by atoms with Gasteiger partial charge in [-0.25, -0.2) is 8.42 Å². The van der Waals surface area contributed by atoms with Gasteiger partial charge in [0.1, 0.15) is 0 Å². The second kappa shape index (κ2) is 3.36. The maximum absolute atomic E-state index is 11.1. The minimum atomic E-state index is -3.79. The van der Waals surface area contributed by atoms with Gasteiger partial charge in [0, 0.05) is 5.02 Å². The van der Waals surface area contributed by atoms with Gasteiger partial charge in [0.25, 0.3) is 9.84 Å². The van der Waals surface area contributed by atoms with Crippen molar-refractivity contribution in [2.24, 2.45) is 0 Å². The lowest BCUT2D eigenvalue weighted by Gasteiger charge is -1.99. The van der Waals surface area contributed by atoms with Crippen LogP contribution in [0.1, 0.15) is 5.56 Å². The molecular weight excluding hydrogens is 210 g/mol. The molecule has 0 atom stereocenters. The predicted molar refractivity (Wildman–Crippen MR) is 49.0 cm³/mol. The van der Waals surface area contributed by atoms with E-state index in [-0.39, 0.29) is 4.90 Å². The maximum atomic E-state index is 11.1. The molecular formula is C8H6ClNO2S. The third-order valence-corrected chi connectivity index (χ3v) is 3.10. The number of aryl methyl sites for hydroxylation is 1. The maximum Gasteiger partial charge on any atom is 0.269 e. The van der Waals surface area contributed by atoms with Crippen LogP contribution in [-0.2, 0) is 9.84 Å².